The Balaban J connectivity index is 4.34. The molecular formula is C50H96O6. The maximum atomic E-state index is 12.7. The van der Waals surface area contributed by atoms with E-state index in [1.54, 1.807) is 0 Å². The number of esters is 3. The molecule has 0 aliphatic rings. The monoisotopic (exact) mass is 793 g/mol. The Bertz CT molecular complexity index is 870. The van der Waals surface area contributed by atoms with Crippen molar-refractivity contribution in [2.75, 3.05) is 13.2 Å². The molecule has 6 nitrogen and oxygen atoms in total. The van der Waals surface area contributed by atoms with Crippen LogP contribution >= 0.6 is 0 Å². The van der Waals surface area contributed by atoms with Gasteiger partial charge in [0.1, 0.15) is 13.2 Å². The molecule has 0 aromatic rings. The minimum Gasteiger partial charge on any atom is -0.462 e. The molecule has 0 radical (unpaired) electrons. The first-order valence-electron chi connectivity index (χ1n) is 24.6. The first kappa shape index (κ1) is 54.4. The van der Waals surface area contributed by atoms with Crippen LogP contribution in [0.25, 0.3) is 0 Å². The van der Waals surface area contributed by atoms with E-state index in [1.807, 2.05) is 0 Å². The molecule has 0 saturated heterocycles. The number of rotatable bonds is 43. The van der Waals surface area contributed by atoms with Crippen LogP contribution in [-0.4, -0.2) is 37.2 Å². The third-order valence-electron chi connectivity index (χ3n) is 11.5. The Labute approximate surface area is 348 Å². The number of unbranched alkanes of at least 4 members (excludes halogenated alkanes) is 25. The second kappa shape index (κ2) is 41.6. The van der Waals surface area contributed by atoms with Crippen LogP contribution in [0.4, 0.5) is 0 Å². The van der Waals surface area contributed by atoms with Gasteiger partial charge in [-0.3, -0.25) is 14.4 Å². The summed E-state index contributed by atoms with van der Waals surface area (Å²) < 4.78 is 16.8. The molecule has 0 heterocycles. The summed E-state index contributed by atoms with van der Waals surface area (Å²) in [5.41, 5.74) is 0. The van der Waals surface area contributed by atoms with E-state index in [0.29, 0.717) is 19.3 Å². The lowest BCUT2D eigenvalue weighted by atomic mass is 9.99. The second-order valence-electron chi connectivity index (χ2n) is 18.3. The first-order valence-corrected chi connectivity index (χ1v) is 24.6. The highest BCUT2D eigenvalue weighted by molar-refractivity contribution is 5.71. The van der Waals surface area contributed by atoms with Crippen LogP contribution in [0.15, 0.2) is 0 Å². The highest BCUT2D eigenvalue weighted by Crippen LogP contribution is 2.18. The van der Waals surface area contributed by atoms with Gasteiger partial charge in [0.15, 0.2) is 6.10 Å². The molecule has 0 fully saturated rings. The van der Waals surface area contributed by atoms with Gasteiger partial charge in [-0.15, -0.1) is 0 Å². The summed E-state index contributed by atoms with van der Waals surface area (Å²) in [4.78, 5) is 37.8. The van der Waals surface area contributed by atoms with Gasteiger partial charge in [-0.25, -0.2) is 0 Å². The Morgan fingerprint density at radius 1 is 0.357 bits per heavy atom. The van der Waals surface area contributed by atoms with E-state index < -0.39 is 6.10 Å². The highest BCUT2D eigenvalue weighted by atomic mass is 16.6. The molecule has 0 amide bonds. The zero-order valence-corrected chi connectivity index (χ0v) is 38.4. The van der Waals surface area contributed by atoms with Gasteiger partial charge in [-0.2, -0.15) is 0 Å². The Morgan fingerprint density at radius 2 is 0.625 bits per heavy atom. The lowest BCUT2D eigenvalue weighted by Crippen LogP contribution is -2.30. The molecule has 0 rings (SSSR count). The van der Waals surface area contributed by atoms with E-state index >= 15 is 0 Å². The average molecular weight is 793 g/mol. The average Bonchev–Trinajstić information content (AvgIpc) is 3.16. The van der Waals surface area contributed by atoms with Crippen molar-refractivity contribution in [1.82, 2.24) is 0 Å². The molecule has 1 unspecified atom stereocenters. The zero-order valence-electron chi connectivity index (χ0n) is 38.4. The molecule has 2 atom stereocenters. The van der Waals surface area contributed by atoms with Gasteiger partial charge in [0.25, 0.3) is 0 Å². The highest BCUT2D eigenvalue weighted by Gasteiger charge is 2.19. The topological polar surface area (TPSA) is 78.9 Å². The summed E-state index contributed by atoms with van der Waals surface area (Å²) in [7, 11) is 0. The molecule has 332 valence electrons. The number of hydrogen-bond donors (Lipinski definition) is 0. The molecular weight excluding hydrogens is 697 g/mol. The van der Waals surface area contributed by atoms with E-state index in [2.05, 4.69) is 41.5 Å². The fraction of sp³-hybridized carbons (Fsp3) is 0.940. The van der Waals surface area contributed by atoms with Crippen molar-refractivity contribution in [3.05, 3.63) is 0 Å². The lowest BCUT2D eigenvalue weighted by Gasteiger charge is -2.18. The van der Waals surface area contributed by atoms with Crippen molar-refractivity contribution in [1.29, 1.82) is 0 Å². The van der Waals surface area contributed by atoms with E-state index in [1.165, 1.54) is 148 Å². The van der Waals surface area contributed by atoms with Crippen LogP contribution in [0.3, 0.4) is 0 Å². The summed E-state index contributed by atoms with van der Waals surface area (Å²) in [6.07, 6.45) is 39.4. The zero-order chi connectivity index (χ0) is 41.3. The summed E-state index contributed by atoms with van der Waals surface area (Å²) >= 11 is 0. The summed E-state index contributed by atoms with van der Waals surface area (Å²) in [5, 5.41) is 0. The second-order valence-corrected chi connectivity index (χ2v) is 18.3. The van der Waals surface area contributed by atoms with Gasteiger partial charge in [-0.05, 0) is 37.0 Å². The minimum absolute atomic E-state index is 0.0656. The fourth-order valence-electron chi connectivity index (χ4n) is 7.38. The van der Waals surface area contributed by atoms with Crippen molar-refractivity contribution >= 4 is 17.9 Å². The van der Waals surface area contributed by atoms with Gasteiger partial charge in [0.2, 0.25) is 0 Å². The quantitative estimate of drug-likeness (QED) is 0.0348. The van der Waals surface area contributed by atoms with Crippen LogP contribution in [-0.2, 0) is 28.6 Å². The van der Waals surface area contributed by atoms with Crippen molar-refractivity contribution in [2.24, 2.45) is 17.8 Å². The van der Waals surface area contributed by atoms with Gasteiger partial charge in [-0.1, -0.05) is 228 Å². The van der Waals surface area contributed by atoms with Crippen LogP contribution in [0.1, 0.15) is 266 Å². The summed E-state index contributed by atoms with van der Waals surface area (Å²) in [6.45, 7) is 13.7. The summed E-state index contributed by atoms with van der Waals surface area (Å²) in [5.74, 6) is 1.62. The predicted molar refractivity (Wildman–Crippen MR) is 238 cm³/mol. The lowest BCUT2D eigenvalue weighted by molar-refractivity contribution is -0.167. The van der Waals surface area contributed by atoms with Crippen molar-refractivity contribution in [3.63, 3.8) is 0 Å². The van der Waals surface area contributed by atoms with E-state index in [4.69, 9.17) is 14.2 Å². The van der Waals surface area contributed by atoms with Crippen LogP contribution in [0, 0.1) is 17.8 Å². The van der Waals surface area contributed by atoms with E-state index in [0.717, 1.165) is 75.5 Å². The molecule has 0 aromatic heterocycles. The standard InChI is InChI=1S/C50H96O6/c1-7-46(6)38-32-26-20-13-9-11-14-21-27-33-39-48(51)54-42-47(43-55-49(52)40-34-28-22-17-16-19-25-31-37-45(4)5)56-50(53)41-35-29-23-15-10-8-12-18-24-30-36-44(2)3/h44-47H,7-43H2,1-6H3/t46?,47-/m1/s1. The van der Waals surface area contributed by atoms with Gasteiger partial charge >= 0.3 is 17.9 Å². The maximum absolute atomic E-state index is 12.7. The molecule has 0 spiro atoms. The van der Waals surface area contributed by atoms with Gasteiger partial charge in [0, 0.05) is 19.3 Å². The summed E-state index contributed by atoms with van der Waals surface area (Å²) in [6, 6.07) is 0. The van der Waals surface area contributed by atoms with Crippen molar-refractivity contribution < 1.29 is 28.6 Å². The third kappa shape index (κ3) is 42.0. The molecule has 6 heteroatoms. The normalized spacial score (nSPS) is 12.6. The molecule has 56 heavy (non-hydrogen) atoms. The van der Waals surface area contributed by atoms with Gasteiger partial charge in [0.05, 0.1) is 0 Å². The van der Waals surface area contributed by atoms with Crippen LogP contribution in [0.5, 0.6) is 0 Å². The molecule has 0 aromatic carbocycles. The largest absolute Gasteiger partial charge is 0.462 e. The number of ether oxygens (including phenoxy) is 3. The molecule has 0 bridgehead atoms. The van der Waals surface area contributed by atoms with Crippen molar-refractivity contribution in [2.45, 2.75) is 272 Å². The number of hydrogen-bond acceptors (Lipinski definition) is 6. The number of carbonyl (C=O) groups is 3. The Morgan fingerprint density at radius 3 is 0.929 bits per heavy atom. The van der Waals surface area contributed by atoms with Crippen molar-refractivity contribution in [3.8, 4) is 0 Å². The van der Waals surface area contributed by atoms with E-state index in [9.17, 15) is 14.4 Å². The van der Waals surface area contributed by atoms with E-state index in [-0.39, 0.29) is 31.1 Å². The molecule has 0 aliphatic carbocycles. The molecule has 0 N–H and O–H groups in total. The van der Waals surface area contributed by atoms with Crippen LogP contribution < -0.4 is 0 Å². The van der Waals surface area contributed by atoms with Gasteiger partial charge < -0.3 is 14.2 Å². The Hall–Kier alpha value is -1.59. The molecule has 0 aliphatic heterocycles. The predicted octanol–water partition coefficient (Wildman–Crippen LogP) is 15.6. The van der Waals surface area contributed by atoms with Crippen LogP contribution in [0.2, 0.25) is 0 Å². The maximum Gasteiger partial charge on any atom is 0.306 e. The smallest absolute Gasteiger partial charge is 0.306 e. The first-order chi connectivity index (χ1) is 27.1. The fourth-order valence-corrected chi connectivity index (χ4v) is 7.38. The minimum atomic E-state index is -0.762. The third-order valence-corrected chi connectivity index (χ3v) is 11.5. The molecule has 0 saturated carbocycles. The number of carbonyl (C=O) groups excluding carboxylic acids is 3. The Kier molecular flexibility index (Phi) is 40.4. The SMILES string of the molecule is CCC(C)CCCCCCCCCCCCC(=O)OC[C@H](COC(=O)CCCCCCCCCCC(C)C)OC(=O)CCCCCCCCCCCCC(C)C.